The van der Waals surface area contributed by atoms with Crippen LogP contribution in [0.2, 0.25) is 0 Å². The molecule has 0 bridgehead atoms. The Morgan fingerprint density at radius 3 is 1.90 bits per heavy atom. The van der Waals surface area contributed by atoms with Gasteiger partial charge < -0.3 is 0 Å². The van der Waals surface area contributed by atoms with Gasteiger partial charge in [0.2, 0.25) is 0 Å². The first kappa shape index (κ1) is 13.7. The van der Waals surface area contributed by atoms with Crippen LogP contribution in [-0.2, 0) is 0 Å². The number of ketones is 1. The average molecular weight is 290 g/mol. The van der Waals surface area contributed by atoms with Gasteiger partial charge in [0.25, 0.3) is 0 Å². The number of thiol groups is 1. The Labute approximate surface area is 129 Å². The van der Waals surface area contributed by atoms with Gasteiger partial charge in [-0.1, -0.05) is 72.8 Å². The van der Waals surface area contributed by atoms with Crippen LogP contribution in [-0.4, -0.2) is 5.78 Å². The third-order valence-corrected chi connectivity index (χ3v) is 3.79. The molecule has 0 heterocycles. The molecule has 0 aliphatic rings. The molecule has 0 aromatic heterocycles. The minimum Gasteiger partial charge on any atom is -0.289 e. The average Bonchev–Trinajstić information content (AvgIpc) is 2.56. The van der Waals surface area contributed by atoms with Gasteiger partial charge in [-0.2, -0.15) is 0 Å². The normalized spacial score (nSPS) is 10.3. The fraction of sp³-hybridized carbons (Fsp3) is 0. The van der Waals surface area contributed by atoms with Crippen molar-refractivity contribution < 1.29 is 4.79 Å². The van der Waals surface area contributed by atoms with Crippen LogP contribution in [0.15, 0.2) is 83.8 Å². The zero-order valence-corrected chi connectivity index (χ0v) is 12.3. The minimum atomic E-state index is 0.0429. The molecule has 0 radical (unpaired) electrons. The number of benzene rings is 3. The molecule has 2 heteroatoms. The van der Waals surface area contributed by atoms with E-state index in [-0.39, 0.29) is 5.78 Å². The maximum Gasteiger partial charge on any atom is 0.193 e. The molecule has 0 unspecified atom stereocenters. The molecule has 3 aromatic carbocycles. The molecule has 0 atom stereocenters. The number of rotatable bonds is 3. The van der Waals surface area contributed by atoms with Crippen molar-refractivity contribution in [3.63, 3.8) is 0 Å². The lowest BCUT2D eigenvalue weighted by Crippen LogP contribution is -2.00. The number of carbonyl (C=O) groups excluding carboxylic acids is 1. The second-order valence-corrected chi connectivity index (χ2v) is 5.27. The van der Waals surface area contributed by atoms with Crippen LogP contribution in [0, 0.1) is 0 Å². The highest BCUT2D eigenvalue weighted by Crippen LogP contribution is 2.26. The standard InChI is InChI=1S/C19H14OS/c20-19(15-6-2-1-3-7-15)16-12-10-14(11-13-16)17-8-4-5-9-18(17)21/h1-13,21H. The van der Waals surface area contributed by atoms with E-state index in [4.69, 9.17) is 0 Å². The summed E-state index contributed by atoms with van der Waals surface area (Å²) in [5.74, 6) is 0.0429. The maximum atomic E-state index is 12.3. The van der Waals surface area contributed by atoms with Gasteiger partial charge in [0.1, 0.15) is 0 Å². The van der Waals surface area contributed by atoms with Crippen molar-refractivity contribution in [3.05, 3.63) is 90.0 Å². The van der Waals surface area contributed by atoms with Crippen LogP contribution in [0.5, 0.6) is 0 Å². The zero-order valence-electron chi connectivity index (χ0n) is 11.4. The highest BCUT2D eigenvalue weighted by atomic mass is 32.1. The Hall–Kier alpha value is -2.32. The summed E-state index contributed by atoms with van der Waals surface area (Å²) < 4.78 is 0. The van der Waals surface area contributed by atoms with Gasteiger partial charge in [0, 0.05) is 16.0 Å². The molecule has 102 valence electrons. The Bertz CT molecular complexity index is 761. The lowest BCUT2D eigenvalue weighted by molar-refractivity contribution is 0.103. The Balaban J connectivity index is 1.92. The van der Waals surface area contributed by atoms with E-state index in [2.05, 4.69) is 12.6 Å². The molecule has 0 spiro atoms. The van der Waals surface area contributed by atoms with Gasteiger partial charge >= 0.3 is 0 Å². The maximum absolute atomic E-state index is 12.3. The third-order valence-electron chi connectivity index (χ3n) is 3.40. The summed E-state index contributed by atoms with van der Waals surface area (Å²) in [7, 11) is 0. The monoisotopic (exact) mass is 290 g/mol. The van der Waals surface area contributed by atoms with Crippen LogP contribution < -0.4 is 0 Å². The van der Waals surface area contributed by atoms with Crippen molar-refractivity contribution in [2.75, 3.05) is 0 Å². The molecule has 0 aliphatic carbocycles. The quantitative estimate of drug-likeness (QED) is 0.538. The van der Waals surface area contributed by atoms with Gasteiger partial charge in [0.15, 0.2) is 5.78 Å². The summed E-state index contributed by atoms with van der Waals surface area (Å²) in [6.45, 7) is 0. The van der Waals surface area contributed by atoms with E-state index in [9.17, 15) is 4.79 Å². The van der Waals surface area contributed by atoms with E-state index in [1.54, 1.807) is 0 Å². The summed E-state index contributed by atoms with van der Waals surface area (Å²) in [6, 6.07) is 24.9. The van der Waals surface area contributed by atoms with E-state index < -0.39 is 0 Å². The smallest absolute Gasteiger partial charge is 0.193 e. The van der Waals surface area contributed by atoms with Crippen molar-refractivity contribution in [2.45, 2.75) is 4.90 Å². The Kier molecular flexibility index (Phi) is 3.89. The number of carbonyl (C=O) groups is 1. The van der Waals surface area contributed by atoms with Gasteiger partial charge in [-0.15, -0.1) is 12.6 Å². The molecular weight excluding hydrogens is 276 g/mol. The fourth-order valence-electron chi connectivity index (χ4n) is 2.28. The molecule has 3 aromatic rings. The highest BCUT2D eigenvalue weighted by Gasteiger charge is 2.09. The first-order valence-electron chi connectivity index (χ1n) is 6.74. The van der Waals surface area contributed by atoms with E-state index in [1.807, 2.05) is 78.9 Å². The predicted molar refractivity (Wildman–Crippen MR) is 89.0 cm³/mol. The van der Waals surface area contributed by atoms with Crippen LogP contribution in [0.1, 0.15) is 15.9 Å². The van der Waals surface area contributed by atoms with Crippen molar-refractivity contribution in [3.8, 4) is 11.1 Å². The summed E-state index contributed by atoms with van der Waals surface area (Å²) >= 11 is 4.47. The molecule has 1 nitrogen and oxygen atoms in total. The van der Waals surface area contributed by atoms with Gasteiger partial charge in [-0.3, -0.25) is 4.79 Å². The highest BCUT2D eigenvalue weighted by molar-refractivity contribution is 7.80. The first-order valence-corrected chi connectivity index (χ1v) is 7.18. The second-order valence-electron chi connectivity index (χ2n) is 4.79. The molecule has 0 aliphatic heterocycles. The molecule has 0 amide bonds. The third kappa shape index (κ3) is 2.91. The first-order chi connectivity index (χ1) is 10.3. The summed E-state index contributed by atoms with van der Waals surface area (Å²) in [4.78, 5) is 13.3. The number of hydrogen-bond donors (Lipinski definition) is 1. The molecule has 21 heavy (non-hydrogen) atoms. The fourth-order valence-corrected chi connectivity index (χ4v) is 2.56. The predicted octanol–water partition coefficient (Wildman–Crippen LogP) is 4.87. The molecule has 0 fully saturated rings. The number of hydrogen-bond acceptors (Lipinski definition) is 2. The van der Waals surface area contributed by atoms with Gasteiger partial charge in [0.05, 0.1) is 0 Å². The Morgan fingerprint density at radius 1 is 0.667 bits per heavy atom. The van der Waals surface area contributed by atoms with E-state index in [0.29, 0.717) is 11.1 Å². The van der Waals surface area contributed by atoms with E-state index in [0.717, 1.165) is 16.0 Å². The minimum absolute atomic E-state index is 0.0429. The molecule has 3 rings (SSSR count). The zero-order chi connectivity index (χ0) is 14.7. The van der Waals surface area contributed by atoms with Crippen LogP contribution >= 0.6 is 12.6 Å². The van der Waals surface area contributed by atoms with Crippen molar-refractivity contribution in [1.82, 2.24) is 0 Å². The molecule has 0 N–H and O–H groups in total. The lowest BCUT2D eigenvalue weighted by atomic mass is 9.99. The van der Waals surface area contributed by atoms with Crippen LogP contribution in [0.4, 0.5) is 0 Å². The SMILES string of the molecule is O=C(c1ccccc1)c1ccc(-c2ccccc2S)cc1. The summed E-state index contributed by atoms with van der Waals surface area (Å²) in [5.41, 5.74) is 3.53. The lowest BCUT2D eigenvalue weighted by Gasteiger charge is -2.06. The van der Waals surface area contributed by atoms with Gasteiger partial charge in [-0.05, 0) is 17.2 Å². The molecule has 0 saturated carbocycles. The second kappa shape index (κ2) is 5.98. The van der Waals surface area contributed by atoms with Crippen molar-refractivity contribution in [2.24, 2.45) is 0 Å². The van der Waals surface area contributed by atoms with E-state index >= 15 is 0 Å². The summed E-state index contributed by atoms with van der Waals surface area (Å²) in [6.07, 6.45) is 0. The largest absolute Gasteiger partial charge is 0.289 e. The van der Waals surface area contributed by atoms with Crippen molar-refractivity contribution in [1.29, 1.82) is 0 Å². The molecule has 0 saturated heterocycles. The van der Waals surface area contributed by atoms with Crippen LogP contribution in [0.25, 0.3) is 11.1 Å². The van der Waals surface area contributed by atoms with Crippen LogP contribution in [0.3, 0.4) is 0 Å². The topological polar surface area (TPSA) is 17.1 Å². The summed E-state index contributed by atoms with van der Waals surface area (Å²) in [5, 5.41) is 0. The van der Waals surface area contributed by atoms with Crippen molar-refractivity contribution >= 4 is 18.4 Å². The molecular formula is C19H14OS. The van der Waals surface area contributed by atoms with E-state index in [1.165, 1.54) is 0 Å². The van der Waals surface area contributed by atoms with Gasteiger partial charge in [-0.25, -0.2) is 0 Å². The Morgan fingerprint density at radius 2 is 1.24 bits per heavy atom.